The SMILES string of the molecule is Cn1nnc(-c2cnn([C@H](CCOC(F)F)c3ccc(-c4c(-n5cc(Cl)nn5)ccc(Cl)c4F)c[n+]3O)c2)c1F. The first-order chi connectivity index (χ1) is 19.1. The van der Waals surface area contributed by atoms with Crippen LogP contribution in [-0.2, 0) is 11.8 Å². The second-order valence-electron chi connectivity index (χ2n) is 8.43. The maximum atomic E-state index is 15.3. The van der Waals surface area contributed by atoms with Crippen LogP contribution in [-0.4, -0.2) is 58.2 Å². The van der Waals surface area contributed by atoms with Crippen LogP contribution in [0.25, 0.3) is 28.1 Å². The summed E-state index contributed by atoms with van der Waals surface area (Å²) in [5, 5.41) is 30.0. The fourth-order valence-electron chi connectivity index (χ4n) is 4.12. The molecule has 0 unspecified atom stereocenters. The number of pyridine rings is 1. The lowest BCUT2D eigenvalue weighted by molar-refractivity contribution is -0.910. The third-order valence-corrected chi connectivity index (χ3v) is 6.43. The van der Waals surface area contributed by atoms with E-state index in [-0.39, 0.29) is 50.4 Å². The van der Waals surface area contributed by atoms with Gasteiger partial charge < -0.3 is 4.74 Å². The molecule has 1 N–H and O–H groups in total. The summed E-state index contributed by atoms with van der Waals surface area (Å²) in [6, 6.07) is 4.91. The summed E-state index contributed by atoms with van der Waals surface area (Å²) in [5.74, 6) is -1.49. The molecule has 1 atom stereocenters. The van der Waals surface area contributed by atoms with E-state index in [0.717, 1.165) is 4.68 Å². The number of hydrogen-bond donors (Lipinski definition) is 1. The van der Waals surface area contributed by atoms with Crippen LogP contribution in [0.2, 0.25) is 10.2 Å². The quantitative estimate of drug-likeness (QED) is 0.153. The molecule has 208 valence electrons. The molecule has 0 aliphatic rings. The Bertz CT molecular complexity index is 1670. The number of hydrogen-bond acceptors (Lipinski definition) is 7. The van der Waals surface area contributed by atoms with E-state index in [1.54, 1.807) is 0 Å². The predicted octanol–water partition coefficient (Wildman–Crippen LogP) is 4.25. The summed E-state index contributed by atoms with van der Waals surface area (Å²) in [6.45, 7) is -3.42. The number of aryl methyl sites for hydroxylation is 1. The van der Waals surface area contributed by atoms with E-state index in [1.165, 1.54) is 65.5 Å². The van der Waals surface area contributed by atoms with Gasteiger partial charge in [0.25, 0.3) is 5.69 Å². The molecule has 0 fully saturated rings. The van der Waals surface area contributed by atoms with Crippen LogP contribution >= 0.6 is 23.2 Å². The van der Waals surface area contributed by atoms with Gasteiger partial charge in [-0.2, -0.15) is 18.3 Å². The molecule has 5 aromatic rings. The Hall–Kier alpha value is -4.08. The van der Waals surface area contributed by atoms with Crippen molar-refractivity contribution in [3.63, 3.8) is 0 Å². The van der Waals surface area contributed by atoms with E-state index < -0.39 is 31.0 Å². The van der Waals surface area contributed by atoms with E-state index in [0.29, 0.717) is 4.73 Å². The van der Waals surface area contributed by atoms with Gasteiger partial charge in [0, 0.05) is 36.0 Å². The molecule has 4 heterocycles. The average Bonchev–Trinajstić information content (AvgIpc) is 3.65. The third-order valence-electron chi connectivity index (χ3n) is 5.96. The number of halogens is 6. The second-order valence-corrected chi connectivity index (χ2v) is 9.22. The van der Waals surface area contributed by atoms with Gasteiger partial charge in [0.15, 0.2) is 16.7 Å². The van der Waals surface area contributed by atoms with Crippen LogP contribution in [0.4, 0.5) is 17.6 Å². The highest BCUT2D eigenvalue weighted by molar-refractivity contribution is 6.31. The van der Waals surface area contributed by atoms with E-state index in [9.17, 15) is 18.4 Å². The zero-order valence-corrected chi connectivity index (χ0v) is 21.8. The minimum atomic E-state index is -3.01. The molecule has 0 saturated carbocycles. The molecule has 0 aliphatic carbocycles. The van der Waals surface area contributed by atoms with Crippen molar-refractivity contribution in [2.45, 2.75) is 19.1 Å². The van der Waals surface area contributed by atoms with E-state index >= 15 is 4.39 Å². The van der Waals surface area contributed by atoms with Crippen LogP contribution in [0, 0.1) is 11.8 Å². The van der Waals surface area contributed by atoms with Gasteiger partial charge >= 0.3 is 6.61 Å². The number of benzene rings is 1. The van der Waals surface area contributed by atoms with Crippen molar-refractivity contribution in [2.24, 2.45) is 7.05 Å². The van der Waals surface area contributed by atoms with Gasteiger partial charge in [0.2, 0.25) is 12.1 Å². The van der Waals surface area contributed by atoms with Gasteiger partial charge in [-0.3, -0.25) is 9.89 Å². The molecule has 0 bridgehead atoms. The zero-order valence-electron chi connectivity index (χ0n) is 20.3. The fourth-order valence-corrected chi connectivity index (χ4v) is 4.40. The lowest BCUT2D eigenvalue weighted by atomic mass is 10.0. The topological polar surface area (TPSA) is 113 Å². The van der Waals surface area contributed by atoms with E-state index in [1.807, 2.05) is 0 Å². The average molecular weight is 599 g/mol. The number of nitrogens with zero attached hydrogens (tertiary/aromatic N) is 9. The molecular weight excluding hydrogens is 581 g/mol. The van der Waals surface area contributed by atoms with Gasteiger partial charge in [-0.05, 0) is 18.2 Å². The van der Waals surface area contributed by atoms with Crippen LogP contribution < -0.4 is 4.73 Å². The van der Waals surface area contributed by atoms with Crippen LogP contribution in [0.3, 0.4) is 0 Å². The van der Waals surface area contributed by atoms with E-state index in [4.69, 9.17) is 23.2 Å². The van der Waals surface area contributed by atoms with E-state index in [2.05, 4.69) is 30.5 Å². The molecular formula is C23H18Cl2F4N9O2+. The molecule has 0 radical (unpaired) electrons. The van der Waals surface area contributed by atoms with Crippen molar-refractivity contribution in [3.05, 3.63) is 76.7 Å². The minimum absolute atomic E-state index is 0.0134. The Morgan fingerprint density at radius 2 is 1.85 bits per heavy atom. The Balaban J connectivity index is 1.55. The van der Waals surface area contributed by atoms with Crippen LogP contribution in [0.15, 0.2) is 49.1 Å². The molecule has 0 aliphatic heterocycles. The second kappa shape index (κ2) is 11.2. The normalized spacial score (nSPS) is 12.4. The molecule has 40 heavy (non-hydrogen) atoms. The number of rotatable bonds is 9. The summed E-state index contributed by atoms with van der Waals surface area (Å²) in [7, 11) is 1.38. The van der Waals surface area contributed by atoms with Gasteiger partial charge in [-0.15, -0.1) is 10.2 Å². The standard InChI is InChI=1S/C23H18Cl2F4N9O2/c1-35-22(27)21(32-33-35)13-8-30-36(9-13)15(6-7-40-23(28)29)16-4-2-12(10-38(16)39)19-17(5-3-14(24)20(19)26)37-11-18(25)31-34-37/h2-5,8-11,15,23,39H,6-7H2,1H3/q+1/t15-/m1/s1. The summed E-state index contributed by atoms with van der Waals surface area (Å²) < 4.78 is 63.7. The van der Waals surface area contributed by atoms with Gasteiger partial charge in [-0.25, -0.2) is 13.8 Å². The van der Waals surface area contributed by atoms with Gasteiger partial charge in [-0.1, -0.05) is 33.6 Å². The highest BCUT2D eigenvalue weighted by Crippen LogP contribution is 2.34. The lowest BCUT2D eigenvalue weighted by Gasteiger charge is -2.15. The van der Waals surface area contributed by atoms with Crippen LogP contribution in [0.5, 0.6) is 0 Å². The maximum Gasteiger partial charge on any atom is 0.345 e. The Morgan fingerprint density at radius 3 is 2.50 bits per heavy atom. The number of ether oxygens (including phenoxy) is 1. The van der Waals surface area contributed by atoms with Crippen molar-refractivity contribution in [3.8, 4) is 28.1 Å². The van der Waals surface area contributed by atoms with Crippen molar-refractivity contribution < 1.29 is 32.2 Å². The Morgan fingerprint density at radius 1 is 1.05 bits per heavy atom. The van der Waals surface area contributed by atoms with Crippen LogP contribution in [0.1, 0.15) is 18.2 Å². The minimum Gasteiger partial charge on any atom is -0.323 e. The Kier molecular flexibility index (Phi) is 7.69. The van der Waals surface area contributed by atoms with Crippen molar-refractivity contribution in [2.75, 3.05) is 6.61 Å². The highest BCUT2D eigenvalue weighted by Gasteiger charge is 2.29. The molecule has 0 amide bonds. The lowest BCUT2D eigenvalue weighted by Crippen LogP contribution is -2.38. The molecule has 1 aromatic carbocycles. The van der Waals surface area contributed by atoms with Crippen molar-refractivity contribution in [1.29, 1.82) is 0 Å². The first-order valence-electron chi connectivity index (χ1n) is 11.4. The number of aromatic nitrogens is 9. The summed E-state index contributed by atoms with van der Waals surface area (Å²) in [4.78, 5) is 0. The molecule has 5 rings (SSSR count). The zero-order chi connectivity index (χ0) is 28.6. The highest BCUT2D eigenvalue weighted by atomic mass is 35.5. The Labute approximate surface area is 232 Å². The van der Waals surface area contributed by atoms with Crippen molar-refractivity contribution in [1.82, 2.24) is 39.8 Å². The first-order valence-corrected chi connectivity index (χ1v) is 12.2. The monoisotopic (exact) mass is 598 g/mol. The molecule has 11 nitrogen and oxygen atoms in total. The molecule has 0 saturated heterocycles. The third kappa shape index (κ3) is 5.35. The smallest absolute Gasteiger partial charge is 0.323 e. The van der Waals surface area contributed by atoms with Crippen molar-refractivity contribution >= 4 is 23.2 Å². The first kappa shape index (κ1) is 27.5. The van der Waals surface area contributed by atoms with Gasteiger partial charge in [0.1, 0.15) is 6.04 Å². The molecule has 17 heteroatoms. The molecule has 4 aromatic heterocycles. The summed E-state index contributed by atoms with van der Waals surface area (Å²) in [6.07, 6.45) is 5.25. The van der Waals surface area contributed by atoms with Gasteiger partial charge in [0.05, 0.1) is 40.8 Å². The number of alkyl halides is 2. The molecule has 0 spiro atoms. The largest absolute Gasteiger partial charge is 0.345 e. The summed E-state index contributed by atoms with van der Waals surface area (Å²) in [5.41, 5.74) is 0.783. The fraction of sp³-hybridized carbons (Fsp3) is 0.217. The maximum absolute atomic E-state index is 15.3. The summed E-state index contributed by atoms with van der Waals surface area (Å²) >= 11 is 11.9. The predicted molar refractivity (Wildman–Crippen MR) is 131 cm³/mol.